The van der Waals surface area contributed by atoms with Gasteiger partial charge in [0, 0.05) is 46.2 Å². The molecule has 7 nitrogen and oxygen atoms in total. The number of carbonyl (C=O) groups excluding carboxylic acids is 1. The van der Waals surface area contributed by atoms with E-state index in [1.807, 2.05) is 30.3 Å². The average Bonchev–Trinajstić information content (AvgIpc) is 2.87. The maximum absolute atomic E-state index is 14.5. The van der Waals surface area contributed by atoms with E-state index in [0.717, 1.165) is 42.5 Å². The Morgan fingerprint density at radius 3 is 2.50 bits per heavy atom. The number of hydrogen-bond acceptors (Lipinski definition) is 5. The van der Waals surface area contributed by atoms with Gasteiger partial charge in [-0.1, -0.05) is 12.1 Å². The number of carbonyl (C=O) groups is 1. The summed E-state index contributed by atoms with van der Waals surface area (Å²) >= 11 is 0. The zero-order chi connectivity index (χ0) is 24.6. The Morgan fingerprint density at radius 1 is 1.18 bits per heavy atom. The maximum Gasteiger partial charge on any atom is 0.321 e. The molecule has 2 amide bonds. The van der Waals surface area contributed by atoms with E-state index >= 15 is 0 Å². The second-order valence-corrected chi connectivity index (χ2v) is 8.63. The van der Waals surface area contributed by atoms with E-state index in [4.69, 9.17) is 19.3 Å². The van der Waals surface area contributed by atoms with Crippen LogP contribution in [0.5, 0.6) is 5.75 Å². The zero-order valence-corrected chi connectivity index (χ0v) is 20.2. The maximum atomic E-state index is 14.5. The molecule has 0 radical (unpaired) electrons. The summed E-state index contributed by atoms with van der Waals surface area (Å²) in [5, 5.41) is 11.6. The van der Waals surface area contributed by atoms with Crippen LogP contribution in [0.15, 0.2) is 42.5 Å². The number of anilines is 1. The first-order valence-corrected chi connectivity index (χ1v) is 11.6. The quantitative estimate of drug-likeness (QED) is 0.500. The minimum atomic E-state index is -0.542. The first kappa shape index (κ1) is 25.9. The van der Waals surface area contributed by atoms with Crippen LogP contribution in [0.4, 0.5) is 14.9 Å². The number of benzene rings is 2. The molecule has 2 N–H and O–H groups in total. The van der Waals surface area contributed by atoms with E-state index in [1.165, 1.54) is 17.0 Å². The fourth-order valence-electron chi connectivity index (χ4n) is 4.31. The highest BCUT2D eigenvalue weighted by Crippen LogP contribution is 2.42. The topological polar surface area (TPSA) is 80.3 Å². The van der Waals surface area contributed by atoms with Crippen LogP contribution in [0, 0.1) is 5.82 Å². The third kappa shape index (κ3) is 6.46. The lowest BCUT2D eigenvalue weighted by atomic mass is 9.78. The summed E-state index contributed by atoms with van der Waals surface area (Å²) in [5.41, 5.74) is 1.86. The normalized spacial score (nSPS) is 20.1. The van der Waals surface area contributed by atoms with Crippen molar-refractivity contribution in [2.45, 2.75) is 50.4 Å². The van der Waals surface area contributed by atoms with Crippen LogP contribution >= 0.6 is 0 Å². The highest BCUT2D eigenvalue weighted by molar-refractivity contribution is 5.91. The van der Waals surface area contributed by atoms with Gasteiger partial charge in [0.2, 0.25) is 0 Å². The van der Waals surface area contributed by atoms with Crippen molar-refractivity contribution < 1.29 is 28.5 Å². The first-order chi connectivity index (χ1) is 16.4. The summed E-state index contributed by atoms with van der Waals surface area (Å²) in [6.07, 6.45) is 3.95. The van der Waals surface area contributed by atoms with E-state index in [-0.39, 0.29) is 31.2 Å². The van der Waals surface area contributed by atoms with Gasteiger partial charge in [-0.05, 0) is 67.5 Å². The van der Waals surface area contributed by atoms with Crippen molar-refractivity contribution in [1.29, 1.82) is 0 Å². The predicted octanol–water partition coefficient (Wildman–Crippen LogP) is 4.36. The fourth-order valence-corrected chi connectivity index (χ4v) is 4.31. The summed E-state index contributed by atoms with van der Waals surface area (Å²) in [6.45, 7) is 0.714. The molecule has 1 fully saturated rings. The predicted molar refractivity (Wildman–Crippen MR) is 129 cm³/mol. The lowest BCUT2D eigenvalue weighted by molar-refractivity contribution is -0.0764. The molecule has 0 saturated heterocycles. The number of aliphatic hydroxyl groups is 1. The molecule has 0 aliphatic heterocycles. The third-order valence-electron chi connectivity index (χ3n) is 6.51. The average molecular weight is 475 g/mol. The van der Waals surface area contributed by atoms with Crippen molar-refractivity contribution in [3.8, 4) is 5.75 Å². The summed E-state index contributed by atoms with van der Waals surface area (Å²) in [4.78, 5) is 13.7. The van der Waals surface area contributed by atoms with E-state index < -0.39 is 5.60 Å². The van der Waals surface area contributed by atoms with Crippen LogP contribution < -0.4 is 15.0 Å². The van der Waals surface area contributed by atoms with Crippen LogP contribution in [-0.2, 0) is 21.7 Å². The van der Waals surface area contributed by atoms with Crippen molar-refractivity contribution >= 4 is 11.7 Å². The van der Waals surface area contributed by atoms with Crippen molar-refractivity contribution in [1.82, 2.24) is 5.32 Å². The van der Waals surface area contributed by atoms with Crippen LogP contribution in [0.1, 0.15) is 43.2 Å². The molecule has 0 spiro atoms. The Kier molecular flexibility index (Phi) is 9.27. The molecule has 2 aromatic rings. The van der Waals surface area contributed by atoms with Gasteiger partial charge < -0.3 is 24.6 Å². The molecular weight excluding hydrogens is 439 g/mol. The van der Waals surface area contributed by atoms with Crippen molar-refractivity contribution in [2.24, 2.45) is 0 Å². The standard InChI is InChI=1S/C26H35FN2O5/c1-29(25(31)28-13-4-14-30)22-7-5-19(6-8-22)18-34-24-16-20(15-21(27)17-24)26(33-3)11-9-23(32-2)10-12-26/h5-8,15-17,23,30H,4,9-14,18H2,1-3H3,(H,28,31). The molecule has 1 aliphatic rings. The minimum absolute atomic E-state index is 0.0340. The summed E-state index contributed by atoms with van der Waals surface area (Å²) < 4.78 is 31.7. The Labute approximate surface area is 200 Å². The SMILES string of the molecule is COC1CCC(OC)(c2cc(F)cc(OCc3ccc(N(C)C(=O)NCCCO)cc3)c2)CC1. The number of methoxy groups -OCH3 is 2. The van der Waals surface area contributed by atoms with Gasteiger partial charge in [-0.25, -0.2) is 9.18 Å². The second-order valence-electron chi connectivity index (χ2n) is 8.63. The Hall–Kier alpha value is -2.68. The van der Waals surface area contributed by atoms with Crippen LogP contribution in [0.2, 0.25) is 0 Å². The molecule has 0 unspecified atom stereocenters. The molecule has 1 saturated carbocycles. The van der Waals surface area contributed by atoms with Crippen LogP contribution in [-0.4, -0.2) is 51.7 Å². The fraction of sp³-hybridized carbons (Fsp3) is 0.500. The molecule has 0 bridgehead atoms. The smallest absolute Gasteiger partial charge is 0.321 e. The van der Waals surface area contributed by atoms with Crippen molar-refractivity contribution in [3.63, 3.8) is 0 Å². The molecule has 2 aromatic carbocycles. The molecule has 0 heterocycles. The number of halogens is 1. The van der Waals surface area contributed by atoms with Gasteiger partial charge in [0.1, 0.15) is 18.2 Å². The molecular formula is C26H35FN2O5. The van der Waals surface area contributed by atoms with Crippen molar-refractivity contribution in [3.05, 3.63) is 59.4 Å². The number of nitrogens with zero attached hydrogens (tertiary/aromatic N) is 1. The van der Waals surface area contributed by atoms with E-state index in [9.17, 15) is 9.18 Å². The number of amides is 2. The Bertz CT molecular complexity index is 929. The highest BCUT2D eigenvalue weighted by atomic mass is 19.1. The zero-order valence-electron chi connectivity index (χ0n) is 20.2. The van der Waals surface area contributed by atoms with Gasteiger partial charge >= 0.3 is 6.03 Å². The van der Waals surface area contributed by atoms with Gasteiger partial charge in [0.25, 0.3) is 0 Å². The number of rotatable bonds is 10. The van der Waals surface area contributed by atoms with Gasteiger partial charge in [0.15, 0.2) is 0 Å². The number of hydrogen-bond donors (Lipinski definition) is 2. The Balaban J connectivity index is 1.63. The number of ether oxygens (including phenoxy) is 3. The molecule has 34 heavy (non-hydrogen) atoms. The largest absolute Gasteiger partial charge is 0.489 e. The van der Waals surface area contributed by atoms with E-state index in [0.29, 0.717) is 18.7 Å². The van der Waals surface area contributed by atoms with Crippen LogP contribution in [0.3, 0.4) is 0 Å². The Morgan fingerprint density at radius 2 is 1.88 bits per heavy atom. The first-order valence-electron chi connectivity index (χ1n) is 11.6. The number of aliphatic hydroxyl groups excluding tert-OH is 1. The van der Waals surface area contributed by atoms with E-state index in [2.05, 4.69) is 5.32 Å². The monoisotopic (exact) mass is 474 g/mol. The molecule has 8 heteroatoms. The van der Waals surface area contributed by atoms with Gasteiger partial charge in [-0.15, -0.1) is 0 Å². The molecule has 1 aliphatic carbocycles. The molecule has 3 rings (SSSR count). The number of nitrogens with one attached hydrogen (secondary N) is 1. The summed E-state index contributed by atoms with van der Waals surface area (Å²) in [5.74, 6) is 0.0896. The third-order valence-corrected chi connectivity index (χ3v) is 6.51. The lowest BCUT2D eigenvalue weighted by Gasteiger charge is -2.39. The highest BCUT2D eigenvalue weighted by Gasteiger charge is 2.37. The van der Waals surface area contributed by atoms with Gasteiger partial charge in [-0.3, -0.25) is 4.90 Å². The summed E-state index contributed by atoms with van der Waals surface area (Å²) in [6, 6.07) is 11.9. The molecule has 0 atom stereocenters. The second kappa shape index (κ2) is 12.1. The molecule has 0 aromatic heterocycles. The summed E-state index contributed by atoms with van der Waals surface area (Å²) in [7, 11) is 5.07. The minimum Gasteiger partial charge on any atom is -0.489 e. The van der Waals surface area contributed by atoms with Gasteiger partial charge in [0.05, 0.1) is 11.7 Å². The lowest BCUT2D eigenvalue weighted by Crippen LogP contribution is -2.37. The molecule has 186 valence electrons. The van der Waals surface area contributed by atoms with Crippen molar-refractivity contribution in [2.75, 3.05) is 39.3 Å². The van der Waals surface area contributed by atoms with Crippen LogP contribution in [0.25, 0.3) is 0 Å². The van der Waals surface area contributed by atoms with Gasteiger partial charge in [-0.2, -0.15) is 0 Å². The number of urea groups is 1. The van der Waals surface area contributed by atoms with E-state index in [1.54, 1.807) is 21.3 Å².